The Morgan fingerprint density at radius 2 is 1.79 bits per heavy atom. The Bertz CT molecular complexity index is 570. The highest BCUT2D eigenvalue weighted by Gasteiger charge is 2.20. The second-order valence-corrected chi connectivity index (χ2v) is 6.27. The molecule has 0 unspecified atom stereocenters. The van der Waals surface area contributed by atoms with E-state index in [0.29, 0.717) is 19.4 Å². The topological polar surface area (TPSA) is 52.7 Å². The summed E-state index contributed by atoms with van der Waals surface area (Å²) >= 11 is 0. The van der Waals surface area contributed by atoms with Gasteiger partial charge < -0.3 is 15.1 Å². The van der Waals surface area contributed by atoms with Gasteiger partial charge in [-0.2, -0.15) is 0 Å². The molecule has 24 heavy (non-hydrogen) atoms. The molecule has 0 heterocycles. The number of hydrogen-bond donors (Lipinski definition) is 1. The number of amides is 2. The lowest BCUT2D eigenvalue weighted by atomic mass is 10.1. The molecule has 0 aliphatic rings. The Morgan fingerprint density at radius 3 is 2.29 bits per heavy atom. The van der Waals surface area contributed by atoms with E-state index in [9.17, 15) is 9.59 Å². The Balaban J connectivity index is 3.18. The van der Waals surface area contributed by atoms with E-state index in [4.69, 9.17) is 0 Å². The zero-order valence-electron chi connectivity index (χ0n) is 15.8. The summed E-state index contributed by atoms with van der Waals surface area (Å²) in [7, 11) is 3.97. The Labute approximate surface area is 146 Å². The molecule has 0 aromatic heterocycles. The lowest BCUT2D eigenvalue weighted by molar-refractivity contribution is -0.133. The maximum atomic E-state index is 12.3. The van der Waals surface area contributed by atoms with Crippen LogP contribution in [0.1, 0.15) is 52.5 Å². The van der Waals surface area contributed by atoms with Crippen LogP contribution in [-0.4, -0.2) is 36.9 Å². The van der Waals surface area contributed by atoms with Crippen LogP contribution in [0, 0.1) is 0 Å². The SMILES string of the molecule is CCC(=O)Nc1ccc(N(C)C)c(CN(C(=O)CC)[C@H](C)CC)c1. The molecule has 1 aromatic carbocycles. The largest absolute Gasteiger partial charge is 0.377 e. The van der Waals surface area contributed by atoms with Crippen LogP contribution in [-0.2, 0) is 16.1 Å². The van der Waals surface area contributed by atoms with Crippen molar-refractivity contribution >= 4 is 23.2 Å². The molecule has 1 atom stereocenters. The fourth-order valence-electron chi connectivity index (χ4n) is 2.57. The summed E-state index contributed by atoms with van der Waals surface area (Å²) < 4.78 is 0. The van der Waals surface area contributed by atoms with Crippen LogP contribution in [0.3, 0.4) is 0 Å². The summed E-state index contributed by atoms with van der Waals surface area (Å²) in [5, 5.41) is 2.90. The maximum Gasteiger partial charge on any atom is 0.224 e. The molecule has 2 amide bonds. The second-order valence-electron chi connectivity index (χ2n) is 6.27. The van der Waals surface area contributed by atoms with Crippen molar-refractivity contribution in [1.29, 1.82) is 0 Å². The van der Waals surface area contributed by atoms with Gasteiger partial charge in [0.1, 0.15) is 0 Å². The third kappa shape index (κ3) is 5.25. The van der Waals surface area contributed by atoms with E-state index >= 15 is 0 Å². The standard InChI is InChI=1S/C19H31N3O2/c1-7-14(4)22(19(24)9-3)13-15-12-16(20-18(23)8-2)10-11-17(15)21(5)6/h10-12,14H,7-9,13H2,1-6H3,(H,20,23)/t14-/m1/s1. The fourth-order valence-corrected chi connectivity index (χ4v) is 2.57. The molecule has 0 radical (unpaired) electrons. The van der Waals surface area contributed by atoms with Gasteiger partial charge in [0.25, 0.3) is 0 Å². The number of anilines is 2. The highest BCUT2D eigenvalue weighted by molar-refractivity contribution is 5.91. The quantitative estimate of drug-likeness (QED) is 0.790. The van der Waals surface area contributed by atoms with E-state index in [2.05, 4.69) is 19.2 Å². The monoisotopic (exact) mass is 333 g/mol. The lowest BCUT2D eigenvalue weighted by Gasteiger charge is -2.30. The predicted octanol–water partition coefficient (Wildman–Crippen LogP) is 3.64. The zero-order chi connectivity index (χ0) is 18.3. The molecular weight excluding hydrogens is 302 g/mol. The third-order valence-electron chi connectivity index (χ3n) is 4.25. The number of rotatable bonds is 8. The minimum absolute atomic E-state index is 0.0121. The maximum absolute atomic E-state index is 12.3. The van der Waals surface area contributed by atoms with Gasteiger partial charge in [0, 0.05) is 50.9 Å². The highest BCUT2D eigenvalue weighted by Crippen LogP contribution is 2.26. The minimum Gasteiger partial charge on any atom is -0.377 e. The molecule has 0 fully saturated rings. The summed E-state index contributed by atoms with van der Waals surface area (Å²) in [4.78, 5) is 28.0. The van der Waals surface area contributed by atoms with Crippen LogP contribution < -0.4 is 10.2 Å². The van der Waals surface area contributed by atoms with Crippen LogP contribution in [0.2, 0.25) is 0 Å². The van der Waals surface area contributed by atoms with Gasteiger partial charge in [-0.15, -0.1) is 0 Å². The first-order chi connectivity index (χ1) is 11.3. The van der Waals surface area contributed by atoms with Crippen molar-refractivity contribution in [2.45, 2.75) is 59.5 Å². The summed E-state index contributed by atoms with van der Waals surface area (Å²) in [6, 6.07) is 6.05. The summed E-state index contributed by atoms with van der Waals surface area (Å²) in [5.41, 5.74) is 2.87. The first-order valence-electron chi connectivity index (χ1n) is 8.73. The number of benzene rings is 1. The van der Waals surface area contributed by atoms with Gasteiger partial charge in [0.2, 0.25) is 11.8 Å². The van der Waals surface area contributed by atoms with Crippen LogP contribution >= 0.6 is 0 Å². The predicted molar refractivity (Wildman–Crippen MR) is 100 cm³/mol. The van der Waals surface area contributed by atoms with Crippen molar-refractivity contribution in [1.82, 2.24) is 4.90 Å². The fraction of sp³-hybridized carbons (Fsp3) is 0.579. The van der Waals surface area contributed by atoms with E-state index < -0.39 is 0 Å². The van der Waals surface area contributed by atoms with E-state index in [1.807, 2.05) is 55.9 Å². The summed E-state index contributed by atoms with van der Waals surface area (Å²) in [6.45, 7) is 8.43. The van der Waals surface area contributed by atoms with Gasteiger partial charge in [-0.25, -0.2) is 0 Å². The molecule has 1 N–H and O–H groups in total. The van der Waals surface area contributed by atoms with Gasteiger partial charge in [-0.1, -0.05) is 20.8 Å². The Morgan fingerprint density at radius 1 is 1.12 bits per heavy atom. The van der Waals surface area contributed by atoms with E-state index in [-0.39, 0.29) is 17.9 Å². The molecule has 1 rings (SSSR count). The first-order valence-corrected chi connectivity index (χ1v) is 8.73. The number of carbonyl (C=O) groups excluding carboxylic acids is 2. The second kappa shape index (κ2) is 9.30. The summed E-state index contributed by atoms with van der Waals surface area (Å²) in [6.07, 6.45) is 1.85. The van der Waals surface area contributed by atoms with E-state index in [1.54, 1.807) is 0 Å². The van der Waals surface area contributed by atoms with Crippen LogP contribution in [0.15, 0.2) is 18.2 Å². The number of nitrogens with zero attached hydrogens (tertiary/aromatic N) is 2. The molecule has 134 valence electrons. The number of nitrogens with one attached hydrogen (secondary N) is 1. The molecule has 5 nitrogen and oxygen atoms in total. The van der Waals surface area contributed by atoms with E-state index in [1.165, 1.54) is 0 Å². The normalized spacial score (nSPS) is 11.8. The highest BCUT2D eigenvalue weighted by atomic mass is 16.2. The molecule has 0 aliphatic carbocycles. The molecule has 0 aliphatic heterocycles. The Kier molecular flexibility index (Phi) is 7.75. The first kappa shape index (κ1) is 20.0. The lowest BCUT2D eigenvalue weighted by Crippen LogP contribution is -2.37. The van der Waals surface area contributed by atoms with Crippen molar-refractivity contribution in [2.75, 3.05) is 24.3 Å². The van der Waals surface area contributed by atoms with Crippen molar-refractivity contribution in [3.8, 4) is 0 Å². The Hall–Kier alpha value is -2.04. The van der Waals surface area contributed by atoms with Crippen molar-refractivity contribution < 1.29 is 9.59 Å². The van der Waals surface area contributed by atoms with Gasteiger partial charge in [0.05, 0.1) is 0 Å². The molecule has 1 aromatic rings. The minimum atomic E-state index is -0.0121. The van der Waals surface area contributed by atoms with Crippen molar-refractivity contribution in [2.24, 2.45) is 0 Å². The van der Waals surface area contributed by atoms with Crippen LogP contribution in [0.25, 0.3) is 0 Å². The van der Waals surface area contributed by atoms with Gasteiger partial charge in [0.15, 0.2) is 0 Å². The van der Waals surface area contributed by atoms with Gasteiger partial charge in [-0.3, -0.25) is 9.59 Å². The summed E-state index contributed by atoms with van der Waals surface area (Å²) in [5.74, 6) is 0.138. The molecule has 0 saturated carbocycles. The number of carbonyl (C=O) groups is 2. The van der Waals surface area contributed by atoms with Gasteiger partial charge in [-0.05, 0) is 37.1 Å². The molecule has 0 spiro atoms. The number of hydrogen-bond acceptors (Lipinski definition) is 3. The zero-order valence-corrected chi connectivity index (χ0v) is 15.8. The van der Waals surface area contributed by atoms with Crippen LogP contribution in [0.4, 0.5) is 11.4 Å². The van der Waals surface area contributed by atoms with Crippen molar-refractivity contribution in [3.05, 3.63) is 23.8 Å². The third-order valence-corrected chi connectivity index (χ3v) is 4.25. The molecule has 0 bridgehead atoms. The molecule has 5 heteroatoms. The average Bonchev–Trinajstić information content (AvgIpc) is 2.57. The van der Waals surface area contributed by atoms with Crippen molar-refractivity contribution in [3.63, 3.8) is 0 Å². The van der Waals surface area contributed by atoms with Gasteiger partial charge >= 0.3 is 0 Å². The molecule has 0 saturated heterocycles. The average molecular weight is 333 g/mol. The van der Waals surface area contributed by atoms with Crippen LogP contribution in [0.5, 0.6) is 0 Å². The molecular formula is C19H31N3O2. The van der Waals surface area contributed by atoms with E-state index in [0.717, 1.165) is 23.4 Å². The smallest absolute Gasteiger partial charge is 0.224 e.